The maximum atomic E-state index is 12.1. The van der Waals surface area contributed by atoms with E-state index in [9.17, 15) is 22.8 Å². The highest BCUT2D eigenvalue weighted by atomic mass is 19.4. The van der Waals surface area contributed by atoms with E-state index in [1.54, 1.807) is 19.1 Å². The molecule has 0 aliphatic carbocycles. The Balaban J connectivity index is 0.000000337. The van der Waals surface area contributed by atoms with Gasteiger partial charge in [-0.05, 0) is 74.2 Å². The number of hydrogen-bond donors (Lipinski definition) is 2. The molecule has 1 heterocycles. The number of Topliss-reactive ketones (excluding diaryl/α,β-unsaturated/α-hetero) is 1. The third-order valence-corrected chi connectivity index (χ3v) is 5.99. The van der Waals surface area contributed by atoms with Crippen molar-refractivity contribution in [2.24, 2.45) is 5.92 Å². The average molecular weight is 560 g/mol. The van der Waals surface area contributed by atoms with Crippen LogP contribution in [0.1, 0.15) is 55.2 Å². The quantitative estimate of drug-likeness (QED) is 0.199. The number of pyridine rings is 1. The van der Waals surface area contributed by atoms with Gasteiger partial charge < -0.3 is 15.4 Å². The third-order valence-electron chi connectivity index (χ3n) is 5.99. The van der Waals surface area contributed by atoms with E-state index in [4.69, 9.17) is 0 Å². The number of aryl methyl sites for hydroxylation is 1. The molecule has 218 valence electrons. The van der Waals surface area contributed by atoms with Crippen LogP contribution in [0.2, 0.25) is 0 Å². The second-order valence-corrected chi connectivity index (χ2v) is 9.10. The van der Waals surface area contributed by atoms with Crippen LogP contribution < -0.4 is 15.4 Å². The lowest BCUT2D eigenvalue weighted by molar-refractivity contribution is -0.274. The number of carbonyl (C=O) groups excluding carboxylic acids is 2. The molecule has 0 fully saturated rings. The molecule has 9 heteroatoms. The Kier molecular flexibility index (Phi) is 15.3. The van der Waals surface area contributed by atoms with Gasteiger partial charge >= 0.3 is 6.36 Å². The first-order valence-corrected chi connectivity index (χ1v) is 13.2. The Labute approximate surface area is 235 Å². The molecule has 0 amide bonds. The molecule has 0 saturated carbocycles. The molecule has 3 aromatic rings. The van der Waals surface area contributed by atoms with Gasteiger partial charge in [0.1, 0.15) is 17.8 Å². The molecule has 0 radical (unpaired) electrons. The summed E-state index contributed by atoms with van der Waals surface area (Å²) in [4.78, 5) is 26.2. The van der Waals surface area contributed by atoms with Crippen LogP contribution in [-0.4, -0.2) is 43.6 Å². The van der Waals surface area contributed by atoms with Gasteiger partial charge in [-0.1, -0.05) is 51.1 Å². The van der Waals surface area contributed by atoms with E-state index in [-0.39, 0.29) is 11.7 Å². The van der Waals surface area contributed by atoms with Crippen LogP contribution in [0.3, 0.4) is 0 Å². The first-order chi connectivity index (χ1) is 18.9. The molecule has 0 bridgehead atoms. The summed E-state index contributed by atoms with van der Waals surface area (Å²) in [6, 6.07) is 14.7. The van der Waals surface area contributed by atoms with Crippen LogP contribution in [0.5, 0.6) is 5.75 Å². The summed E-state index contributed by atoms with van der Waals surface area (Å²) in [5.74, 6) is 0.283. The number of benzene rings is 2. The van der Waals surface area contributed by atoms with E-state index in [0.717, 1.165) is 53.7 Å². The summed E-state index contributed by atoms with van der Waals surface area (Å²) in [6.07, 6.45) is -0.0927. The van der Waals surface area contributed by atoms with Crippen molar-refractivity contribution < 1.29 is 27.5 Å². The van der Waals surface area contributed by atoms with Gasteiger partial charge in [-0.3, -0.25) is 14.6 Å². The van der Waals surface area contributed by atoms with E-state index >= 15 is 0 Å². The number of rotatable bonds is 10. The first-order valence-electron chi connectivity index (χ1n) is 13.2. The molecule has 1 aromatic heterocycles. The Hall–Kier alpha value is -3.72. The SMILES string of the molecule is CCCNCC(=O)C(C)CC.CNc1ccc(C)nc1.Cc1c(C=O)cccc1-c1ccc(OC(F)(F)F)cc1. The maximum Gasteiger partial charge on any atom is 0.573 e. The van der Waals surface area contributed by atoms with E-state index in [1.807, 2.05) is 52.2 Å². The van der Waals surface area contributed by atoms with Gasteiger partial charge in [0.05, 0.1) is 18.4 Å². The molecule has 6 nitrogen and oxygen atoms in total. The fraction of sp³-hybridized carbons (Fsp3) is 0.387. The lowest BCUT2D eigenvalue weighted by atomic mass is 9.97. The number of anilines is 1. The molecule has 1 atom stereocenters. The van der Waals surface area contributed by atoms with Gasteiger partial charge in [0, 0.05) is 24.2 Å². The summed E-state index contributed by atoms with van der Waals surface area (Å²) in [7, 11) is 1.88. The molecular formula is C31H40F3N3O3. The summed E-state index contributed by atoms with van der Waals surface area (Å²) in [5, 5.41) is 6.09. The van der Waals surface area contributed by atoms with E-state index in [0.29, 0.717) is 17.9 Å². The summed E-state index contributed by atoms with van der Waals surface area (Å²) in [5.41, 5.74) is 4.97. The minimum atomic E-state index is -4.70. The van der Waals surface area contributed by atoms with Gasteiger partial charge in [-0.15, -0.1) is 13.2 Å². The number of ketones is 1. The molecular weight excluding hydrogens is 519 g/mol. The van der Waals surface area contributed by atoms with E-state index in [1.165, 1.54) is 24.3 Å². The highest BCUT2D eigenvalue weighted by Gasteiger charge is 2.31. The highest BCUT2D eigenvalue weighted by Crippen LogP contribution is 2.29. The topological polar surface area (TPSA) is 80.3 Å². The zero-order valence-electron chi connectivity index (χ0n) is 24.1. The Morgan fingerprint density at radius 1 is 1.05 bits per heavy atom. The smallest absolute Gasteiger partial charge is 0.406 e. The van der Waals surface area contributed by atoms with Crippen LogP contribution in [0, 0.1) is 19.8 Å². The number of ether oxygens (including phenoxy) is 1. The van der Waals surface area contributed by atoms with Crippen LogP contribution >= 0.6 is 0 Å². The Morgan fingerprint density at radius 2 is 1.73 bits per heavy atom. The fourth-order valence-electron chi connectivity index (χ4n) is 3.34. The monoisotopic (exact) mass is 559 g/mol. The predicted octanol–water partition coefficient (Wildman–Crippen LogP) is 7.41. The van der Waals surface area contributed by atoms with Crippen molar-refractivity contribution in [2.45, 2.75) is 53.8 Å². The molecule has 2 aromatic carbocycles. The molecule has 1 unspecified atom stereocenters. The molecule has 0 aliphatic heterocycles. The normalized spacial score (nSPS) is 11.2. The molecule has 0 aliphatic rings. The number of aldehydes is 1. The van der Waals surface area contributed by atoms with E-state index in [2.05, 4.69) is 27.3 Å². The lowest BCUT2D eigenvalue weighted by Crippen LogP contribution is -2.27. The van der Waals surface area contributed by atoms with Gasteiger partial charge in [-0.2, -0.15) is 0 Å². The van der Waals surface area contributed by atoms with Crippen LogP contribution in [0.15, 0.2) is 60.8 Å². The van der Waals surface area contributed by atoms with Gasteiger partial charge in [0.15, 0.2) is 0 Å². The van der Waals surface area contributed by atoms with E-state index < -0.39 is 6.36 Å². The number of nitrogens with one attached hydrogen (secondary N) is 2. The van der Waals surface area contributed by atoms with Crippen molar-refractivity contribution in [2.75, 3.05) is 25.5 Å². The molecule has 40 heavy (non-hydrogen) atoms. The van der Waals surface area contributed by atoms with Crippen molar-refractivity contribution in [3.8, 4) is 16.9 Å². The molecule has 2 N–H and O–H groups in total. The number of halogens is 3. The predicted molar refractivity (Wildman–Crippen MR) is 155 cm³/mol. The lowest BCUT2D eigenvalue weighted by Gasteiger charge is -2.11. The summed E-state index contributed by atoms with van der Waals surface area (Å²) >= 11 is 0. The standard InChI is InChI=1S/C15H11F3O2.C9H19NO.C7H10N2/c1-10-12(9-19)3-2-4-14(10)11-5-7-13(8-6-11)20-15(16,17)18;1-4-6-10-7-9(11)8(3)5-2;1-6-3-4-7(8-2)5-9-6/h2-9H,1H3;8,10H,4-7H2,1-3H3;3-5,8H,1-2H3. The number of aromatic nitrogens is 1. The molecule has 0 spiro atoms. The van der Waals surface area contributed by atoms with Crippen molar-refractivity contribution in [3.05, 3.63) is 77.6 Å². The van der Waals surface area contributed by atoms with Crippen molar-refractivity contribution in [1.82, 2.24) is 10.3 Å². The van der Waals surface area contributed by atoms with Gasteiger partial charge in [-0.25, -0.2) is 0 Å². The number of carbonyl (C=O) groups is 2. The first kappa shape index (κ1) is 34.3. The molecule has 3 rings (SSSR count). The van der Waals surface area contributed by atoms with Crippen molar-refractivity contribution in [3.63, 3.8) is 0 Å². The number of hydrogen-bond acceptors (Lipinski definition) is 6. The minimum absolute atomic E-state index is 0.222. The second-order valence-electron chi connectivity index (χ2n) is 9.10. The van der Waals surface area contributed by atoms with Gasteiger partial charge in [0.25, 0.3) is 0 Å². The largest absolute Gasteiger partial charge is 0.573 e. The maximum absolute atomic E-state index is 12.1. The number of nitrogens with zero attached hydrogens (tertiary/aromatic N) is 1. The Bertz CT molecular complexity index is 1170. The van der Waals surface area contributed by atoms with Crippen molar-refractivity contribution >= 4 is 17.8 Å². The zero-order chi connectivity index (χ0) is 30.1. The van der Waals surface area contributed by atoms with Gasteiger partial charge in [0.2, 0.25) is 0 Å². The Morgan fingerprint density at radius 3 is 2.23 bits per heavy atom. The molecule has 0 saturated heterocycles. The summed E-state index contributed by atoms with van der Waals surface area (Å²) in [6.45, 7) is 11.4. The second kappa shape index (κ2) is 17.8. The fourth-order valence-corrected chi connectivity index (χ4v) is 3.34. The van der Waals surface area contributed by atoms with Crippen LogP contribution in [-0.2, 0) is 4.79 Å². The average Bonchev–Trinajstić information content (AvgIpc) is 2.93. The van der Waals surface area contributed by atoms with Crippen LogP contribution in [0.25, 0.3) is 11.1 Å². The van der Waals surface area contributed by atoms with Crippen molar-refractivity contribution in [1.29, 1.82) is 0 Å². The third kappa shape index (κ3) is 12.9. The minimum Gasteiger partial charge on any atom is -0.406 e. The highest BCUT2D eigenvalue weighted by molar-refractivity contribution is 5.83. The summed E-state index contributed by atoms with van der Waals surface area (Å²) < 4.78 is 40.0. The number of alkyl halides is 3. The zero-order valence-corrected chi connectivity index (χ0v) is 24.1. The van der Waals surface area contributed by atoms with Crippen LogP contribution in [0.4, 0.5) is 18.9 Å².